The van der Waals surface area contributed by atoms with Gasteiger partial charge in [-0.15, -0.1) is 0 Å². The first kappa shape index (κ1) is 14.0. The summed E-state index contributed by atoms with van der Waals surface area (Å²) in [4.78, 5) is 24.2. The van der Waals surface area contributed by atoms with Crippen LogP contribution in [0.5, 0.6) is 0 Å². The van der Waals surface area contributed by atoms with Gasteiger partial charge in [0.2, 0.25) is 0 Å². The molecule has 0 N–H and O–H groups in total. The van der Waals surface area contributed by atoms with Crippen LogP contribution in [-0.4, -0.2) is 37.5 Å². The zero-order valence-corrected chi connectivity index (χ0v) is 11.7. The van der Waals surface area contributed by atoms with E-state index in [4.69, 9.17) is 11.6 Å². The van der Waals surface area contributed by atoms with Gasteiger partial charge in [-0.1, -0.05) is 27.5 Å². The Kier molecular flexibility index (Phi) is 4.96. The summed E-state index contributed by atoms with van der Waals surface area (Å²) in [7, 11) is 2.78. The molecular weight excluding hydrogens is 309 g/mol. The zero-order chi connectivity index (χ0) is 13.0. The lowest BCUT2D eigenvalue weighted by Gasteiger charge is -2.16. The van der Waals surface area contributed by atoms with E-state index in [1.54, 1.807) is 18.2 Å². The number of nitrogens with zero attached hydrogens (tertiary/aromatic N) is 1. The van der Waals surface area contributed by atoms with Crippen molar-refractivity contribution in [3.63, 3.8) is 0 Å². The molecule has 92 valence electrons. The Morgan fingerprint density at radius 1 is 1.47 bits per heavy atom. The molecule has 17 heavy (non-hydrogen) atoms. The second-order valence-corrected chi connectivity index (χ2v) is 4.68. The van der Waals surface area contributed by atoms with Gasteiger partial charge in [-0.05, 0) is 18.2 Å². The quantitative estimate of drug-likeness (QED) is 0.803. The number of esters is 1. The van der Waals surface area contributed by atoms with E-state index in [1.807, 2.05) is 0 Å². The molecule has 0 heterocycles. The van der Waals surface area contributed by atoms with Crippen LogP contribution in [0.4, 0.5) is 0 Å². The van der Waals surface area contributed by atoms with E-state index < -0.39 is 5.97 Å². The zero-order valence-electron chi connectivity index (χ0n) is 9.37. The van der Waals surface area contributed by atoms with Crippen molar-refractivity contribution in [1.29, 1.82) is 0 Å². The molecule has 0 fully saturated rings. The van der Waals surface area contributed by atoms with Crippen LogP contribution in [-0.2, 0) is 9.53 Å². The number of benzene rings is 1. The van der Waals surface area contributed by atoms with E-state index in [9.17, 15) is 9.59 Å². The van der Waals surface area contributed by atoms with Crippen molar-refractivity contribution in [2.24, 2.45) is 0 Å². The van der Waals surface area contributed by atoms with Gasteiger partial charge in [0.15, 0.2) is 0 Å². The van der Waals surface area contributed by atoms with E-state index in [0.717, 1.165) is 4.47 Å². The first-order valence-electron chi connectivity index (χ1n) is 4.73. The summed E-state index contributed by atoms with van der Waals surface area (Å²) in [6.07, 6.45) is 0. The number of halogens is 2. The minimum absolute atomic E-state index is 0.109. The average Bonchev–Trinajstić information content (AvgIpc) is 2.28. The third kappa shape index (κ3) is 3.71. The maximum atomic E-state index is 11.9. The van der Waals surface area contributed by atoms with Gasteiger partial charge in [0, 0.05) is 11.5 Å². The number of carbonyl (C=O) groups is 2. The molecule has 1 aromatic carbocycles. The van der Waals surface area contributed by atoms with Crippen molar-refractivity contribution in [2.45, 2.75) is 0 Å². The number of hydrogen-bond donors (Lipinski definition) is 0. The van der Waals surface area contributed by atoms with Crippen molar-refractivity contribution in [3.05, 3.63) is 33.3 Å². The van der Waals surface area contributed by atoms with Gasteiger partial charge < -0.3 is 9.64 Å². The summed E-state index contributed by atoms with van der Waals surface area (Å²) in [5, 5.41) is 0.334. The van der Waals surface area contributed by atoms with Crippen LogP contribution in [0.15, 0.2) is 22.7 Å². The largest absolute Gasteiger partial charge is 0.468 e. The number of rotatable bonds is 3. The Morgan fingerprint density at radius 2 is 2.12 bits per heavy atom. The summed E-state index contributed by atoms with van der Waals surface area (Å²) in [6.45, 7) is -0.109. The molecule has 0 aliphatic heterocycles. The molecular formula is C11H11BrClNO3. The predicted molar refractivity (Wildman–Crippen MR) is 68.1 cm³/mol. The normalized spacial score (nSPS) is 9.88. The van der Waals surface area contributed by atoms with Crippen molar-refractivity contribution >= 4 is 39.4 Å². The number of carbonyl (C=O) groups excluding carboxylic acids is 2. The Hall–Kier alpha value is -1.07. The van der Waals surface area contributed by atoms with E-state index in [1.165, 1.54) is 19.1 Å². The molecule has 1 aromatic rings. The van der Waals surface area contributed by atoms with Crippen LogP contribution in [0.1, 0.15) is 10.4 Å². The van der Waals surface area contributed by atoms with Crippen molar-refractivity contribution in [3.8, 4) is 0 Å². The third-order valence-corrected chi connectivity index (χ3v) is 2.91. The van der Waals surface area contributed by atoms with Crippen LogP contribution < -0.4 is 0 Å². The molecule has 6 heteroatoms. The van der Waals surface area contributed by atoms with Crippen LogP contribution in [0, 0.1) is 0 Å². The van der Waals surface area contributed by atoms with Gasteiger partial charge in [-0.3, -0.25) is 9.59 Å². The average molecular weight is 321 g/mol. The highest BCUT2D eigenvalue weighted by molar-refractivity contribution is 9.10. The fourth-order valence-electron chi connectivity index (χ4n) is 1.20. The lowest BCUT2D eigenvalue weighted by atomic mass is 10.2. The van der Waals surface area contributed by atoms with E-state index in [0.29, 0.717) is 10.6 Å². The maximum Gasteiger partial charge on any atom is 0.325 e. The van der Waals surface area contributed by atoms with Crippen LogP contribution in [0.25, 0.3) is 0 Å². The van der Waals surface area contributed by atoms with E-state index in [-0.39, 0.29) is 12.5 Å². The summed E-state index contributed by atoms with van der Waals surface area (Å²) >= 11 is 9.20. The van der Waals surface area contributed by atoms with Gasteiger partial charge in [-0.2, -0.15) is 0 Å². The Labute approximate surface area is 113 Å². The number of methoxy groups -OCH3 is 1. The van der Waals surface area contributed by atoms with Crippen LogP contribution in [0.2, 0.25) is 5.02 Å². The minimum atomic E-state index is -0.478. The SMILES string of the molecule is COC(=O)CN(C)C(=O)c1ccc(Br)cc1Cl. The second kappa shape index (κ2) is 6.02. The van der Waals surface area contributed by atoms with Crippen molar-refractivity contribution in [1.82, 2.24) is 4.90 Å². The highest BCUT2D eigenvalue weighted by Crippen LogP contribution is 2.22. The molecule has 0 bridgehead atoms. The molecule has 0 aliphatic rings. The molecule has 0 unspecified atom stereocenters. The lowest BCUT2D eigenvalue weighted by Crippen LogP contribution is -2.32. The predicted octanol–water partition coefficient (Wildman–Crippen LogP) is 2.35. The molecule has 0 saturated heterocycles. The van der Waals surface area contributed by atoms with E-state index in [2.05, 4.69) is 20.7 Å². The number of ether oxygens (including phenoxy) is 1. The van der Waals surface area contributed by atoms with Gasteiger partial charge in [0.1, 0.15) is 6.54 Å². The first-order chi connectivity index (χ1) is 7.95. The fraction of sp³-hybridized carbons (Fsp3) is 0.273. The smallest absolute Gasteiger partial charge is 0.325 e. The number of amides is 1. The number of likely N-dealkylation sites (N-methyl/N-ethyl adjacent to an activating group) is 1. The van der Waals surface area contributed by atoms with Crippen LogP contribution >= 0.6 is 27.5 Å². The molecule has 0 radical (unpaired) electrons. The topological polar surface area (TPSA) is 46.6 Å². The Balaban J connectivity index is 2.85. The van der Waals surface area contributed by atoms with E-state index >= 15 is 0 Å². The van der Waals surface area contributed by atoms with Gasteiger partial charge in [-0.25, -0.2) is 0 Å². The standard InChI is InChI=1S/C11H11BrClNO3/c1-14(6-10(15)17-2)11(16)8-4-3-7(12)5-9(8)13/h3-5H,6H2,1-2H3. The molecule has 4 nitrogen and oxygen atoms in total. The van der Waals surface area contributed by atoms with Crippen LogP contribution in [0.3, 0.4) is 0 Å². The summed E-state index contributed by atoms with van der Waals surface area (Å²) in [5.41, 5.74) is 0.348. The second-order valence-electron chi connectivity index (χ2n) is 3.36. The summed E-state index contributed by atoms with van der Waals surface area (Å²) < 4.78 is 5.27. The highest BCUT2D eigenvalue weighted by Gasteiger charge is 2.17. The molecule has 0 aliphatic carbocycles. The minimum Gasteiger partial charge on any atom is -0.468 e. The highest BCUT2D eigenvalue weighted by atomic mass is 79.9. The Bertz CT molecular complexity index is 450. The first-order valence-corrected chi connectivity index (χ1v) is 5.90. The number of hydrogen-bond acceptors (Lipinski definition) is 3. The molecule has 1 amide bonds. The van der Waals surface area contributed by atoms with Crippen molar-refractivity contribution < 1.29 is 14.3 Å². The molecule has 0 spiro atoms. The fourth-order valence-corrected chi connectivity index (χ4v) is 1.95. The lowest BCUT2D eigenvalue weighted by molar-refractivity contribution is -0.141. The monoisotopic (exact) mass is 319 g/mol. The van der Waals surface area contributed by atoms with Gasteiger partial charge >= 0.3 is 5.97 Å². The van der Waals surface area contributed by atoms with Crippen molar-refractivity contribution in [2.75, 3.05) is 20.7 Å². The van der Waals surface area contributed by atoms with Gasteiger partial charge in [0.25, 0.3) is 5.91 Å². The summed E-state index contributed by atoms with van der Waals surface area (Å²) in [6, 6.07) is 4.94. The molecule has 0 aromatic heterocycles. The molecule has 0 saturated carbocycles. The summed E-state index contributed by atoms with van der Waals surface area (Å²) in [5.74, 6) is -0.804. The Morgan fingerprint density at radius 3 is 2.65 bits per heavy atom. The molecule has 0 atom stereocenters. The van der Waals surface area contributed by atoms with Gasteiger partial charge in [0.05, 0.1) is 17.7 Å². The third-order valence-electron chi connectivity index (χ3n) is 2.10. The molecule has 1 rings (SSSR count). The maximum absolute atomic E-state index is 11.9.